The number of carbonyl (C=O) groups excluding carboxylic acids is 2. The lowest BCUT2D eigenvalue weighted by molar-refractivity contribution is -0.153. The Bertz CT molecular complexity index is 640. The molecule has 7 heteroatoms. The first kappa shape index (κ1) is 18.7. The van der Waals surface area contributed by atoms with Gasteiger partial charge in [-0.05, 0) is 51.3 Å². The number of fused-ring (bicyclic) bond motifs is 1. The van der Waals surface area contributed by atoms with Gasteiger partial charge in [-0.2, -0.15) is 0 Å². The molecular formula is C17H22BrNO5. The smallest absolute Gasteiger partial charge is 0.408 e. The van der Waals surface area contributed by atoms with Crippen LogP contribution in [0, 0.1) is 0 Å². The molecule has 1 amide bonds. The van der Waals surface area contributed by atoms with E-state index in [1.165, 1.54) is 0 Å². The molecule has 0 saturated heterocycles. The summed E-state index contributed by atoms with van der Waals surface area (Å²) in [5.74, 6) is -0.548. The van der Waals surface area contributed by atoms with Crippen LogP contribution in [0.3, 0.4) is 0 Å². The van der Waals surface area contributed by atoms with Crippen LogP contribution in [-0.2, 0) is 26.3 Å². The summed E-state index contributed by atoms with van der Waals surface area (Å²) in [6.45, 7) is 4.64. The number of nitrogens with one attached hydrogen (secondary N) is 1. The topological polar surface area (TPSA) is 84.9 Å². The zero-order valence-corrected chi connectivity index (χ0v) is 15.6. The maximum Gasteiger partial charge on any atom is 0.408 e. The highest BCUT2D eigenvalue weighted by Crippen LogP contribution is 2.40. The van der Waals surface area contributed by atoms with Gasteiger partial charge in [0.05, 0.1) is 6.61 Å². The SMILES string of the molecule is CC(C)(C)OC(=O)CNC(=O)O[C@@]1(CO)CCc2cc(Br)ccc21. The van der Waals surface area contributed by atoms with Crippen molar-refractivity contribution in [3.63, 3.8) is 0 Å². The number of rotatable bonds is 4. The Morgan fingerprint density at radius 2 is 2.08 bits per heavy atom. The number of aliphatic hydroxyl groups excluding tert-OH is 1. The highest BCUT2D eigenvalue weighted by molar-refractivity contribution is 9.10. The van der Waals surface area contributed by atoms with Crippen LogP contribution < -0.4 is 5.32 Å². The molecule has 1 aliphatic rings. The van der Waals surface area contributed by atoms with E-state index in [4.69, 9.17) is 9.47 Å². The molecule has 1 aliphatic carbocycles. The molecule has 0 heterocycles. The third-order valence-electron chi connectivity index (χ3n) is 3.70. The Labute approximate surface area is 149 Å². The summed E-state index contributed by atoms with van der Waals surface area (Å²) in [7, 11) is 0. The molecule has 132 valence electrons. The molecular weight excluding hydrogens is 378 g/mol. The van der Waals surface area contributed by atoms with Crippen LogP contribution in [0.4, 0.5) is 4.79 Å². The van der Waals surface area contributed by atoms with Crippen molar-refractivity contribution < 1.29 is 24.2 Å². The van der Waals surface area contributed by atoms with Crippen molar-refractivity contribution in [3.05, 3.63) is 33.8 Å². The van der Waals surface area contributed by atoms with E-state index in [9.17, 15) is 14.7 Å². The third-order valence-corrected chi connectivity index (χ3v) is 4.19. The number of hydrogen-bond donors (Lipinski definition) is 2. The van der Waals surface area contributed by atoms with Crippen LogP contribution in [0.5, 0.6) is 0 Å². The summed E-state index contributed by atoms with van der Waals surface area (Å²) < 4.78 is 11.5. The average molecular weight is 400 g/mol. The standard InChI is InChI=1S/C17H22BrNO5/c1-16(2,3)23-14(21)9-19-15(22)24-17(10-20)7-6-11-8-12(18)4-5-13(11)17/h4-5,8,20H,6-7,9-10H2,1-3H3,(H,19,22)/t17-/m1/s1. The fraction of sp³-hybridized carbons (Fsp3) is 0.529. The number of hydrogen-bond acceptors (Lipinski definition) is 5. The van der Waals surface area contributed by atoms with E-state index in [2.05, 4.69) is 21.2 Å². The first-order valence-electron chi connectivity index (χ1n) is 7.74. The zero-order valence-electron chi connectivity index (χ0n) is 14.0. The Kier molecular flexibility index (Phi) is 5.55. The molecule has 0 unspecified atom stereocenters. The van der Waals surface area contributed by atoms with Crippen LogP contribution in [0.2, 0.25) is 0 Å². The number of alkyl carbamates (subject to hydrolysis) is 1. The number of aryl methyl sites for hydroxylation is 1. The fourth-order valence-corrected chi connectivity index (χ4v) is 3.13. The van der Waals surface area contributed by atoms with Crippen molar-refractivity contribution in [2.75, 3.05) is 13.2 Å². The molecule has 1 atom stereocenters. The maximum atomic E-state index is 12.0. The predicted molar refractivity (Wildman–Crippen MR) is 91.6 cm³/mol. The fourth-order valence-electron chi connectivity index (χ4n) is 2.72. The number of carbonyl (C=O) groups is 2. The number of aliphatic hydroxyl groups is 1. The summed E-state index contributed by atoms with van der Waals surface area (Å²) in [4.78, 5) is 23.7. The summed E-state index contributed by atoms with van der Waals surface area (Å²) >= 11 is 3.41. The monoisotopic (exact) mass is 399 g/mol. The van der Waals surface area contributed by atoms with Gasteiger partial charge in [0.15, 0.2) is 5.60 Å². The third kappa shape index (κ3) is 4.48. The Morgan fingerprint density at radius 1 is 1.38 bits per heavy atom. The Hall–Kier alpha value is -1.60. The lowest BCUT2D eigenvalue weighted by Gasteiger charge is -2.28. The zero-order chi connectivity index (χ0) is 18.0. The average Bonchev–Trinajstić information content (AvgIpc) is 2.82. The van der Waals surface area contributed by atoms with Gasteiger partial charge < -0.3 is 19.9 Å². The Morgan fingerprint density at radius 3 is 2.71 bits per heavy atom. The van der Waals surface area contributed by atoms with Gasteiger partial charge in [-0.15, -0.1) is 0 Å². The van der Waals surface area contributed by atoms with Crippen molar-refractivity contribution in [3.8, 4) is 0 Å². The van der Waals surface area contributed by atoms with Gasteiger partial charge in [-0.25, -0.2) is 4.79 Å². The van der Waals surface area contributed by atoms with E-state index in [1.54, 1.807) is 20.8 Å². The first-order chi connectivity index (χ1) is 11.1. The number of amides is 1. The minimum atomic E-state index is -1.08. The van der Waals surface area contributed by atoms with E-state index in [-0.39, 0.29) is 13.2 Å². The number of halogens is 1. The second kappa shape index (κ2) is 7.11. The van der Waals surface area contributed by atoms with Gasteiger partial charge >= 0.3 is 12.1 Å². The molecule has 0 aliphatic heterocycles. The van der Waals surface area contributed by atoms with E-state index >= 15 is 0 Å². The van der Waals surface area contributed by atoms with E-state index in [0.717, 1.165) is 15.6 Å². The molecule has 2 rings (SSSR count). The van der Waals surface area contributed by atoms with Gasteiger partial charge in [0, 0.05) is 10.0 Å². The van der Waals surface area contributed by atoms with Crippen LogP contribution in [0.15, 0.2) is 22.7 Å². The van der Waals surface area contributed by atoms with Crippen LogP contribution in [0.1, 0.15) is 38.3 Å². The summed E-state index contributed by atoms with van der Waals surface area (Å²) in [6.07, 6.45) is 0.440. The van der Waals surface area contributed by atoms with Crippen LogP contribution >= 0.6 is 15.9 Å². The van der Waals surface area contributed by atoms with Crippen LogP contribution in [0.25, 0.3) is 0 Å². The van der Waals surface area contributed by atoms with E-state index in [1.807, 2.05) is 18.2 Å². The van der Waals surface area contributed by atoms with Gasteiger partial charge in [-0.3, -0.25) is 4.79 Å². The molecule has 0 saturated carbocycles. The molecule has 0 radical (unpaired) electrons. The Balaban J connectivity index is 1.99. The molecule has 2 N–H and O–H groups in total. The predicted octanol–water partition coefficient (Wildman–Crippen LogP) is 2.65. The van der Waals surface area contributed by atoms with E-state index < -0.39 is 23.3 Å². The van der Waals surface area contributed by atoms with Gasteiger partial charge in [-0.1, -0.05) is 22.0 Å². The molecule has 0 bridgehead atoms. The van der Waals surface area contributed by atoms with Crippen molar-refractivity contribution in [1.29, 1.82) is 0 Å². The molecule has 24 heavy (non-hydrogen) atoms. The summed E-state index contributed by atoms with van der Waals surface area (Å²) in [6, 6.07) is 5.63. The molecule has 1 aromatic rings. The lowest BCUT2D eigenvalue weighted by Crippen LogP contribution is -2.41. The van der Waals surface area contributed by atoms with Crippen molar-refractivity contribution in [1.82, 2.24) is 5.32 Å². The number of benzene rings is 1. The second-order valence-electron chi connectivity index (χ2n) is 6.78. The minimum Gasteiger partial charge on any atom is -0.459 e. The normalized spacial score (nSPS) is 19.5. The number of esters is 1. The van der Waals surface area contributed by atoms with Crippen molar-refractivity contribution in [2.45, 2.75) is 44.8 Å². The molecule has 1 aromatic carbocycles. The molecule has 0 spiro atoms. The van der Waals surface area contributed by atoms with Gasteiger partial charge in [0.2, 0.25) is 0 Å². The minimum absolute atomic E-state index is 0.287. The van der Waals surface area contributed by atoms with Crippen molar-refractivity contribution in [2.24, 2.45) is 0 Å². The number of ether oxygens (including phenoxy) is 2. The quantitative estimate of drug-likeness (QED) is 0.760. The molecule has 0 fully saturated rings. The van der Waals surface area contributed by atoms with Crippen molar-refractivity contribution >= 4 is 28.0 Å². The highest BCUT2D eigenvalue weighted by Gasteiger charge is 2.42. The summed E-state index contributed by atoms with van der Waals surface area (Å²) in [5.41, 5.74) is 0.125. The van der Waals surface area contributed by atoms with E-state index in [0.29, 0.717) is 12.8 Å². The largest absolute Gasteiger partial charge is 0.459 e. The van der Waals surface area contributed by atoms with Crippen LogP contribution in [-0.4, -0.2) is 35.9 Å². The highest BCUT2D eigenvalue weighted by atomic mass is 79.9. The maximum absolute atomic E-state index is 12.0. The summed E-state index contributed by atoms with van der Waals surface area (Å²) in [5, 5.41) is 12.2. The van der Waals surface area contributed by atoms with Gasteiger partial charge in [0.25, 0.3) is 0 Å². The lowest BCUT2D eigenvalue weighted by atomic mass is 9.97. The second-order valence-corrected chi connectivity index (χ2v) is 7.70. The molecule has 0 aromatic heterocycles. The first-order valence-corrected chi connectivity index (χ1v) is 8.53. The van der Waals surface area contributed by atoms with Gasteiger partial charge in [0.1, 0.15) is 12.1 Å². The molecule has 6 nitrogen and oxygen atoms in total.